The summed E-state index contributed by atoms with van der Waals surface area (Å²) in [5, 5.41) is 8.79. The monoisotopic (exact) mass is 371 g/mol. The van der Waals surface area contributed by atoms with Gasteiger partial charge in [0, 0.05) is 31.4 Å². The van der Waals surface area contributed by atoms with Crippen molar-refractivity contribution in [1.82, 2.24) is 19.9 Å². The van der Waals surface area contributed by atoms with Crippen LogP contribution in [-0.4, -0.2) is 34.0 Å². The molecule has 0 bridgehead atoms. The van der Waals surface area contributed by atoms with Crippen LogP contribution >= 0.6 is 0 Å². The maximum atomic E-state index is 4.58. The van der Waals surface area contributed by atoms with Crippen LogP contribution in [0.1, 0.15) is 11.5 Å². The lowest BCUT2D eigenvalue weighted by molar-refractivity contribution is 1.07. The summed E-state index contributed by atoms with van der Waals surface area (Å²) in [6.07, 6.45) is 0. The minimum atomic E-state index is 0.517. The van der Waals surface area contributed by atoms with Gasteiger partial charge in [-0.25, -0.2) is 15.0 Å². The Bertz CT molecular complexity index is 1160. The fourth-order valence-corrected chi connectivity index (χ4v) is 3.06. The van der Waals surface area contributed by atoms with E-state index in [0.717, 1.165) is 33.8 Å². The van der Waals surface area contributed by atoms with Crippen molar-refractivity contribution in [3.8, 4) is 11.4 Å². The maximum absolute atomic E-state index is 4.58. The van der Waals surface area contributed by atoms with Crippen molar-refractivity contribution < 1.29 is 0 Å². The van der Waals surface area contributed by atoms with Crippen LogP contribution < -0.4 is 4.90 Å². The van der Waals surface area contributed by atoms with E-state index >= 15 is 0 Å². The third-order valence-corrected chi connectivity index (χ3v) is 4.33. The molecule has 0 amide bonds. The van der Waals surface area contributed by atoms with Gasteiger partial charge in [0.25, 0.3) is 0 Å². The number of nitrogens with one attached hydrogen (secondary N) is 1. The van der Waals surface area contributed by atoms with Gasteiger partial charge in [0.05, 0.1) is 11.2 Å². The van der Waals surface area contributed by atoms with Gasteiger partial charge in [0.1, 0.15) is 17.0 Å². The highest BCUT2D eigenvalue weighted by molar-refractivity contribution is 5.96. The summed E-state index contributed by atoms with van der Waals surface area (Å²) in [6, 6.07) is 15.6. The molecule has 0 fully saturated rings. The van der Waals surface area contributed by atoms with Crippen molar-refractivity contribution in [2.75, 3.05) is 19.0 Å². The Morgan fingerprint density at radius 3 is 2.43 bits per heavy atom. The van der Waals surface area contributed by atoms with E-state index in [1.54, 1.807) is 0 Å². The van der Waals surface area contributed by atoms with Gasteiger partial charge in [-0.05, 0) is 26.0 Å². The molecule has 0 aliphatic heterocycles. The van der Waals surface area contributed by atoms with E-state index in [-0.39, 0.29) is 0 Å². The molecule has 0 radical (unpaired) electrons. The van der Waals surface area contributed by atoms with Gasteiger partial charge < -0.3 is 9.88 Å². The van der Waals surface area contributed by atoms with Gasteiger partial charge in [-0.1, -0.05) is 30.3 Å². The predicted octanol–water partition coefficient (Wildman–Crippen LogP) is 5.12. The quantitative estimate of drug-likeness (QED) is 0.505. The van der Waals surface area contributed by atoms with Gasteiger partial charge in [0.15, 0.2) is 11.6 Å². The zero-order chi connectivity index (χ0) is 19.7. The summed E-state index contributed by atoms with van der Waals surface area (Å²) >= 11 is 0. The first-order valence-corrected chi connectivity index (χ1v) is 9.01. The van der Waals surface area contributed by atoms with Crippen molar-refractivity contribution in [2.45, 2.75) is 13.8 Å². The molecule has 2 aromatic heterocycles. The van der Waals surface area contributed by atoms with Gasteiger partial charge >= 0.3 is 0 Å². The van der Waals surface area contributed by atoms with Crippen molar-refractivity contribution in [3.05, 3.63) is 60.0 Å². The molecule has 2 aromatic carbocycles. The number of hydrogen-bond acceptors (Lipinski definition) is 6. The third-order valence-electron chi connectivity index (χ3n) is 4.33. The molecule has 0 spiro atoms. The largest absolute Gasteiger partial charge is 0.376 e. The Hall–Kier alpha value is -3.61. The lowest BCUT2D eigenvalue weighted by Gasteiger charge is -2.13. The molecule has 0 saturated heterocycles. The van der Waals surface area contributed by atoms with Crippen LogP contribution in [0.15, 0.2) is 58.8 Å². The number of nitrogens with zero attached hydrogens (tertiary/aromatic N) is 6. The highest BCUT2D eigenvalue weighted by Gasteiger charge is 2.12. The Morgan fingerprint density at radius 2 is 1.68 bits per heavy atom. The molecule has 4 aromatic rings. The van der Waals surface area contributed by atoms with Crippen LogP contribution in [0.3, 0.4) is 0 Å². The number of imidazole rings is 1. The molecule has 0 atom stereocenters. The average molecular weight is 371 g/mol. The SMILES string of the molecule is Cc1cc(N=Nc2ccc(N(C)C)c3[nH]c(C)nc23)nc(-c2ccccc2)n1. The zero-order valence-electron chi connectivity index (χ0n) is 16.3. The molecular weight excluding hydrogens is 350 g/mol. The van der Waals surface area contributed by atoms with E-state index in [9.17, 15) is 0 Å². The molecule has 140 valence electrons. The van der Waals surface area contributed by atoms with Crippen molar-refractivity contribution in [2.24, 2.45) is 10.2 Å². The molecule has 2 heterocycles. The molecular formula is C21H21N7. The maximum Gasteiger partial charge on any atom is 0.178 e. The second-order valence-electron chi connectivity index (χ2n) is 6.80. The standard InChI is InChI=1S/C21H21N7/c1-13-12-18(25-21(22-13)15-8-6-5-7-9-15)27-26-16-10-11-17(28(3)4)20-19(16)23-14(2)24-20/h5-12H,1-4H3,(H,23,24). The van der Waals surface area contributed by atoms with Crippen LogP contribution in [0.5, 0.6) is 0 Å². The second-order valence-corrected chi connectivity index (χ2v) is 6.80. The Labute approximate surface area is 163 Å². The first kappa shape index (κ1) is 17.8. The summed E-state index contributed by atoms with van der Waals surface area (Å²) < 4.78 is 0. The molecule has 7 nitrogen and oxygen atoms in total. The molecule has 28 heavy (non-hydrogen) atoms. The van der Waals surface area contributed by atoms with Gasteiger partial charge in [-0.2, -0.15) is 0 Å². The number of aromatic nitrogens is 4. The third kappa shape index (κ3) is 3.46. The average Bonchev–Trinajstić information content (AvgIpc) is 3.07. The first-order valence-electron chi connectivity index (χ1n) is 9.01. The molecule has 0 aliphatic rings. The zero-order valence-corrected chi connectivity index (χ0v) is 16.3. The Morgan fingerprint density at radius 1 is 0.893 bits per heavy atom. The molecule has 4 rings (SSSR count). The Balaban J connectivity index is 1.74. The topological polar surface area (TPSA) is 82.4 Å². The molecule has 0 aliphatic carbocycles. The van der Waals surface area contributed by atoms with E-state index in [2.05, 4.69) is 30.2 Å². The van der Waals surface area contributed by atoms with E-state index in [1.807, 2.05) is 81.4 Å². The summed E-state index contributed by atoms with van der Waals surface area (Å²) in [5.74, 6) is 1.99. The highest BCUT2D eigenvalue weighted by Crippen LogP contribution is 2.32. The van der Waals surface area contributed by atoms with Crippen LogP contribution in [0, 0.1) is 13.8 Å². The molecule has 0 saturated carbocycles. The molecule has 1 N–H and O–H groups in total. The summed E-state index contributed by atoms with van der Waals surface area (Å²) in [5.41, 5.74) is 5.28. The number of azo groups is 1. The van der Waals surface area contributed by atoms with Gasteiger partial charge in [0.2, 0.25) is 0 Å². The highest BCUT2D eigenvalue weighted by atomic mass is 15.2. The van der Waals surface area contributed by atoms with E-state index in [1.165, 1.54) is 0 Å². The fraction of sp³-hybridized carbons (Fsp3) is 0.190. The van der Waals surface area contributed by atoms with Gasteiger partial charge in [-0.3, -0.25) is 0 Å². The van der Waals surface area contributed by atoms with Crippen molar-refractivity contribution >= 4 is 28.2 Å². The summed E-state index contributed by atoms with van der Waals surface area (Å²) in [4.78, 5) is 19.0. The number of aryl methyl sites for hydroxylation is 2. The normalized spacial score (nSPS) is 11.4. The number of anilines is 1. The van der Waals surface area contributed by atoms with E-state index in [0.29, 0.717) is 17.3 Å². The van der Waals surface area contributed by atoms with E-state index < -0.39 is 0 Å². The van der Waals surface area contributed by atoms with Gasteiger partial charge in [-0.15, -0.1) is 10.2 Å². The number of hydrogen-bond donors (Lipinski definition) is 1. The number of rotatable bonds is 4. The summed E-state index contributed by atoms with van der Waals surface area (Å²) in [6.45, 7) is 3.86. The van der Waals surface area contributed by atoms with Crippen LogP contribution in [0.4, 0.5) is 17.2 Å². The number of H-pyrrole nitrogens is 1. The minimum absolute atomic E-state index is 0.517. The second kappa shape index (κ2) is 7.19. The lowest BCUT2D eigenvalue weighted by Crippen LogP contribution is -2.08. The van der Waals surface area contributed by atoms with Crippen molar-refractivity contribution in [1.29, 1.82) is 0 Å². The molecule has 0 unspecified atom stereocenters. The molecule has 7 heteroatoms. The summed E-state index contributed by atoms with van der Waals surface area (Å²) in [7, 11) is 4.00. The lowest BCUT2D eigenvalue weighted by atomic mass is 10.2. The Kier molecular flexibility index (Phi) is 4.57. The van der Waals surface area contributed by atoms with Crippen molar-refractivity contribution in [3.63, 3.8) is 0 Å². The smallest absolute Gasteiger partial charge is 0.178 e. The van der Waals surface area contributed by atoms with Crippen LogP contribution in [0.2, 0.25) is 0 Å². The van der Waals surface area contributed by atoms with Crippen LogP contribution in [-0.2, 0) is 0 Å². The number of fused-ring (bicyclic) bond motifs is 1. The van der Waals surface area contributed by atoms with E-state index in [4.69, 9.17) is 0 Å². The first-order chi connectivity index (χ1) is 13.5. The minimum Gasteiger partial charge on any atom is -0.376 e. The number of aromatic amines is 1. The number of benzene rings is 2. The van der Waals surface area contributed by atoms with Crippen LogP contribution in [0.25, 0.3) is 22.4 Å². The fourth-order valence-electron chi connectivity index (χ4n) is 3.06. The predicted molar refractivity (Wildman–Crippen MR) is 112 cm³/mol.